The fraction of sp³-hybridized carbons (Fsp3) is 0.875. The van der Waals surface area contributed by atoms with E-state index in [-0.39, 0.29) is 18.2 Å². The van der Waals surface area contributed by atoms with Crippen LogP contribution in [0.25, 0.3) is 0 Å². The van der Waals surface area contributed by atoms with Gasteiger partial charge in [0.15, 0.2) is 5.78 Å². The van der Waals surface area contributed by atoms with Crippen molar-refractivity contribution in [3.63, 3.8) is 0 Å². The second-order valence-electron chi connectivity index (χ2n) is 7.02. The topological polar surface area (TPSA) is 74.0 Å². The Hall–Kier alpha value is -0.980. The number of ether oxygens (including phenoxy) is 1. The number of piperidine rings is 1. The zero-order valence-corrected chi connectivity index (χ0v) is 14.0. The number of rotatable bonds is 8. The number of carbonyl (C=O) groups is 2. The average Bonchev–Trinajstić information content (AvgIpc) is 3.23. The van der Waals surface area contributed by atoms with Crippen molar-refractivity contribution in [3.8, 4) is 0 Å². The van der Waals surface area contributed by atoms with E-state index < -0.39 is 11.6 Å². The third-order valence-corrected chi connectivity index (χ3v) is 4.28. The molecule has 1 amide bonds. The zero-order chi connectivity index (χ0) is 16.2. The van der Waals surface area contributed by atoms with Gasteiger partial charge in [0, 0.05) is 13.1 Å². The van der Waals surface area contributed by atoms with Gasteiger partial charge in [-0.1, -0.05) is 20.3 Å². The van der Waals surface area contributed by atoms with Crippen molar-refractivity contribution in [2.75, 3.05) is 26.2 Å². The fourth-order valence-corrected chi connectivity index (χ4v) is 2.80. The molecule has 2 fully saturated rings. The molecule has 0 aromatic heterocycles. The molecule has 2 rings (SSSR count). The highest BCUT2D eigenvalue weighted by molar-refractivity contribution is 5.96. The normalized spacial score (nSPS) is 26.7. The summed E-state index contributed by atoms with van der Waals surface area (Å²) in [5, 5.41) is 4.97. The van der Waals surface area contributed by atoms with Crippen LogP contribution in [-0.2, 0) is 14.3 Å². The van der Waals surface area contributed by atoms with Gasteiger partial charge in [-0.05, 0) is 32.1 Å². The fourth-order valence-electron chi connectivity index (χ4n) is 2.80. The molecule has 0 aliphatic carbocycles. The van der Waals surface area contributed by atoms with Crippen molar-refractivity contribution in [1.82, 2.24) is 15.8 Å². The Morgan fingerprint density at radius 2 is 1.86 bits per heavy atom. The molecular formula is C16H29N3O3. The molecule has 0 saturated carbocycles. The van der Waals surface area contributed by atoms with Gasteiger partial charge in [-0.15, -0.1) is 0 Å². The summed E-state index contributed by atoms with van der Waals surface area (Å²) in [7, 11) is 0. The van der Waals surface area contributed by atoms with Crippen LogP contribution >= 0.6 is 0 Å². The van der Waals surface area contributed by atoms with E-state index in [2.05, 4.69) is 29.6 Å². The summed E-state index contributed by atoms with van der Waals surface area (Å²) in [4.78, 5) is 24.6. The number of amides is 1. The largest absolute Gasteiger partial charge is 0.361 e. The summed E-state index contributed by atoms with van der Waals surface area (Å²) >= 11 is 0. The van der Waals surface area contributed by atoms with E-state index in [1.54, 1.807) is 6.92 Å². The van der Waals surface area contributed by atoms with E-state index in [9.17, 15) is 9.59 Å². The SMILES string of the molecule is CC(C)C[C@H](NC(=O)CNN1CCCCC1)C(=O)[C@@]1(C)CO1. The number of hydrogen-bond acceptors (Lipinski definition) is 5. The van der Waals surface area contributed by atoms with Gasteiger partial charge in [-0.3, -0.25) is 9.59 Å². The molecule has 2 atom stereocenters. The molecule has 6 nitrogen and oxygen atoms in total. The maximum Gasteiger partial charge on any atom is 0.235 e. The predicted octanol–water partition coefficient (Wildman–Crippen LogP) is 0.866. The van der Waals surface area contributed by atoms with Crippen LogP contribution in [0.3, 0.4) is 0 Å². The van der Waals surface area contributed by atoms with E-state index in [1.807, 2.05) is 0 Å². The Labute approximate surface area is 132 Å². The first-order chi connectivity index (χ1) is 10.4. The van der Waals surface area contributed by atoms with E-state index >= 15 is 0 Å². The lowest BCUT2D eigenvalue weighted by atomic mass is 9.93. The first kappa shape index (κ1) is 17.4. The van der Waals surface area contributed by atoms with Crippen molar-refractivity contribution < 1.29 is 14.3 Å². The molecule has 0 aromatic carbocycles. The molecule has 0 spiro atoms. The van der Waals surface area contributed by atoms with Crippen LogP contribution in [0.4, 0.5) is 0 Å². The smallest absolute Gasteiger partial charge is 0.235 e. The molecular weight excluding hydrogens is 282 g/mol. The molecule has 126 valence electrons. The summed E-state index contributed by atoms with van der Waals surface area (Å²) < 4.78 is 5.23. The highest BCUT2D eigenvalue weighted by Gasteiger charge is 2.50. The van der Waals surface area contributed by atoms with Crippen LogP contribution in [0.15, 0.2) is 0 Å². The van der Waals surface area contributed by atoms with E-state index in [0.717, 1.165) is 13.1 Å². The zero-order valence-electron chi connectivity index (χ0n) is 14.0. The lowest BCUT2D eigenvalue weighted by Gasteiger charge is -2.27. The van der Waals surface area contributed by atoms with Crippen LogP contribution in [0.5, 0.6) is 0 Å². The first-order valence-corrected chi connectivity index (χ1v) is 8.37. The van der Waals surface area contributed by atoms with E-state index in [0.29, 0.717) is 18.9 Å². The number of nitrogens with zero attached hydrogens (tertiary/aromatic N) is 1. The number of ketones is 1. The molecule has 2 aliphatic heterocycles. The van der Waals surface area contributed by atoms with Crippen molar-refractivity contribution in [3.05, 3.63) is 0 Å². The Balaban J connectivity index is 1.80. The minimum atomic E-state index is -0.687. The van der Waals surface area contributed by atoms with E-state index in [1.165, 1.54) is 19.3 Å². The molecule has 0 aromatic rings. The lowest BCUT2D eigenvalue weighted by molar-refractivity contribution is -0.130. The van der Waals surface area contributed by atoms with E-state index in [4.69, 9.17) is 4.74 Å². The average molecular weight is 311 g/mol. The van der Waals surface area contributed by atoms with Crippen LogP contribution in [-0.4, -0.2) is 54.6 Å². The molecule has 0 bridgehead atoms. The van der Waals surface area contributed by atoms with Crippen LogP contribution in [0, 0.1) is 5.92 Å². The minimum absolute atomic E-state index is 0.00692. The molecule has 2 aliphatic rings. The predicted molar refractivity (Wildman–Crippen MR) is 84.2 cm³/mol. The number of Topliss-reactive ketones (excluding diaryl/α,β-unsaturated/α-hetero) is 1. The third kappa shape index (κ3) is 5.04. The number of hydrazine groups is 1. The molecule has 0 radical (unpaired) electrons. The molecule has 0 unspecified atom stereocenters. The summed E-state index contributed by atoms with van der Waals surface area (Å²) in [6, 6.07) is -0.455. The van der Waals surface area contributed by atoms with Gasteiger partial charge in [0.1, 0.15) is 5.60 Å². The standard InChI is InChI=1S/C16H29N3O3/c1-12(2)9-13(15(21)16(3)11-22-16)18-14(20)10-17-19-7-5-4-6-8-19/h12-13,17H,4-11H2,1-3H3,(H,18,20)/t13-,16+/m0/s1. The summed E-state index contributed by atoms with van der Waals surface area (Å²) in [6.45, 7) is 8.53. The van der Waals surface area contributed by atoms with Crippen LogP contribution < -0.4 is 10.7 Å². The second-order valence-corrected chi connectivity index (χ2v) is 7.02. The van der Waals surface area contributed by atoms with Gasteiger partial charge in [0.25, 0.3) is 0 Å². The maximum atomic E-state index is 12.4. The first-order valence-electron chi connectivity index (χ1n) is 8.37. The van der Waals surface area contributed by atoms with Crippen molar-refractivity contribution >= 4 is 11.7 Å². The molecule has 2 heterocycles. The van der Waals surface area contributed by atoms with Gasteiger partial charge >= 0.3 is 0 Å². The number of carbonyl (C=O) groups excluding carboxylic acids is 2. The molecule has 6 heteroatoms. The minimum Gasteiger partial charge on any atom is -0.361 e. The molecule has 22 heavy (non-hydrogen) atoms. The van der Waals surface area contributed by atoms with Crippen molar-refractivity contribution in [2.24, 2.45) is 5.92 Å². The van der Waals surface area contributed by atoms with Crippen LogP contribution in [0.1, 0.15) is 46.5 Å². The van der Waals surface area contributed by atoms with Gasteiger partial charge in [0.05, 0.1) is 19.2 Å². The van der Waals surface area contributed by atoms with Gasteiger partial charge < -0.3 is 10.1 Å². The van der Waals surface area contributed by atoms with Gasteiger partial charge in [-0.2, -0.15) is 0 Å². The monoisotopic (exact) mass is 311 g/mol. The summed E-state index contributed by atoms with van der Waals surface area (Å²) in [5.41, 5.74) is 2.46. The highest BCUT2D eigenvalue weighted by atomic mass is 16.6. The Morgan fingerprint density at radius 3 is 2.41 bits per heavy atom. The quantitative estimate of drug-likeness (QED) is 0.651. The number of nitrogens with one attached hydrogen (secondary N) is 2. The lowest BCUT2D eigenvalue weighted by Crippen LogP contribution is -2.51. The Morgan fingerprint density at radius 1 is 1.23 bits per heavy atom. The third-order valence-electron chi connectivity index (χ3n) is 4.28. The van der Waals surface area contributed by atoms with Crippen LogP contribution in [0.2, 0.25) is 0 Å². The van der Waals surface area contributed by atoms with Gasteiger partial charge in [0.2, 0.25) is 5.91 Å². The Kier molecular flexibility index (Phi) is 5.94. The number of hydrogen-bond donors (Lipinski definition) is 2. The van der Waals surface area contributed by atoms with Gasteiger partial charge in [-0.25, -0.2) is 10.4 Å². The second kappa shape index (κ2) is 7.53. The molecule has 2 N–H and O–H groups in total. The maximum absolute atomic E-state index is 12.4. The summed E-state index contributed by atoms with van der Waals surface area (Å²) in [6.07, 6.45) is 4.23. The highest BCUT2D eigenvalue weighted by Crippen LogP contribution is 2.29. The Bertz CT molecular complexity index is 401. The summed E-state index contributed by atoms with van der Waals surface area (Å²) in [5.74, 6) is 0.202. The van der Waals surface area contributed by atoms with Crippen molar-refractivity contribution in [2.45, 2.75) is 58.1 Å². The van der Waals surface area contributed by atoms with Crippen molar-refractivity contribution in [1.29, 1.82) is 0 Å². The molecule has 2 saturated heterocycles. The number of epoxide rings is 1.